The Morgan fingerprint density at radius 1 is 1.14 bits per heavy atom. The van der Waals surface area contributed by atoms with E-state index in [1.165, 1.54) is 0 Å². The molecule has 0 saturated carbocycles. The number of hydrogen-bond donors (Lipinski definition) is 2. The molecular weight excluding hydrogens is 286 g/mol. The van der Waals surface area contributed by atoms with Gasteiger partial charge in [-0.05, 0) is 38.5 Å². The van der Waals surface area contributed by atoms with E-state index in [1.54, 1.807) is 18.2 Å². The van der Waals surface area contributed by atoms with Gasteiger partial charge in [0.05, 0.1) is 13.2 Å². The van der Waals surface area contributed by atoms with Crippen LogP contribution in [0.5, 0.6) is 11.5 Å². The highest BCUT2D eigenvalue weighted by Gasteiger charge is 2.20. The maximum absolute atomic E-state index is 12.2. The number of nitrogens with one attached hydrogen (secondary N) is 1. The van der Waals surface area contributed by atoms with Crippen LogP contribution in [0, 0.1) is 0 Å². The lowest BCUT2D eigenvalue weighted by Crippen LogP contribution is -2.40. The standard InChI is InChI=1S/C16H23NO5/c1-4-7-12(16(19)20)17-15(18)11-8-9-13(21-5-2)14(10-11)22-6-3/h8-10,12H,4-7H2,1-3H3,(H,17,18)(H,19,20). The van der Waals surface area contributed by atoms with E-state index in [1.807, 2.05) is 20.8 Å². The molecule has 1 unspecified atom stereocenters. The lowest BCUT2D eigenvalue weighted by molar-refractivity contribution is -0.139. The van der Waals surface area contributed by atoms with Gasteiger partial charge in [0.15, 0.2) is 11.5 Å². The van der Waals surface area contributed by atoms with Crippen molar-refractivity contribution >= 4 is 11.9 Å². The molecule has 0 aromatic heterocycles. The highest BCUT2D eigenvalue weighted by atomic mass is 16.5. The molecule has 0 fully saturated rings. The van der Waals surface area contributed by atoms with Crippen LogP contribution in [0.2, 0.25) is 0 Å². The van der Waals surface area contributed by atoms with E-state index in [-0.39, 0.29) is 0 Å². The zero-order valence-corrected chi connectivity index (χ0v) is 13.2. The molecule has 0 aliphatic rings. The Kier molecular flexibility index (Phi) is 7.22. The molecule has 22 heavy (non-hydrogen) atoms. The van der Waals surface area contributed by atoms with Crippen LogP contribution < -0.4 is 14.8 Å². The van der Waals surface area contributed by atoms with Crippen LogP contribution in [0.15, 0.2) is 18.2 Å². The summed E-state index contributed by atoms with van der Waals surface area (Å²) in [4.78, 5) is 23.3. The van der Waals surface area contributed by atoms with Gasteiger partial charge >= 0.3 is 5.97 Å². The zero-order chi connectivity index (χ0) is 16.5. The summed E-state index contributed by atoms with van der Waals surface area (Å²) in [6.07, 6.45) is 1.06. The highest BCUT2D eigenvalue weighted by Crippen LogP contribution is 2.28. The van der Waals surface area contributed by atoms with E-state index in [2.05, 4.69) is 5.32 Å². The first-order chi connectivity index (χ1) is 10.5. The number of rotatable bonds is 9. The number of ether oxygens (including phenoxy) is 2. The second kappa shape index (κ2) is 8.92. The molecule has 1 aromatic carbocycles. The number of benzene rings is 1. The second-order valence-electron chi connectivity index (χ2n) is 4.68. The number of aliphatic carboxylic acids is 1. The average Bonchev–Trinajstić information content (AvgIpc) is 2.48. The maximum Gasteiger partial charge on any atom is 0.326 e. The molecule has 0 heterocycles. The third-order valence-corrected chi connectivity index (χ3v) is 2.99. The van der Waals surface area contributed by atoms with Crippen molar-refractivity contribution < 1.29 is 24.2 Å². The van der Waals surface area contributed by atoms with Gasteiger partial charge in [0, 0.05) is 5.56 Å². The molecule has 0 saturated heterocycles. The third-order valence-electron chi connectivity index (χ3n) is 2.99. The Bertz CT molecular complexity index is 515. The fourth-order valence-corrected chi connectivity index (χ4v) is 1.98. The van der Waals surface area contributed by atoms with Crippen LogP contribution in [0.1, 0.15) is 44.0 Å². The molecule has 2 N–H and O–H groups in total. The van der Waals surface area contributed by atoms with Crippen molar-refractivity contribution in [3.05, 3.63) is 23.8 Å². The summed E-state index contributed by atoms with van der Waals surface area (Å²) in [5.74, 6) is -0.445. The Labute approximate surface area is 130 Å². The number of hydrogen-bond acceptors (Lipinski definition) is 4. The summed E-state index contributed by atoms with van der Waals surface area (Å²) < 4.78 is 10.9. The summed E-state index contributed by atoms with van der Waals surface area (Å²) in [6, 6.07) is 3.92. The molecule has 0 radical (unpaired) electrons. The minimum atomic E-state index is -1.04. The lowest BCUT2D eigenvalue weighted by Gasteiger charge is -2.15. The van der Waals surface area contributed by atoms with Gasteiger partial charge in [-0.25, -0.2) is 4.79 Å². The fraction of sp³-hybridized carbons (Fsp3) is 0.500. The first kappa shape index (κ1) is 17.8. The van der Waals surface area contributed by atoms with Gasteiger partial charge in [0.2, 0.25) is 0 Å². The van der Waals surface area contributed by atoms with E-state index in [0.717, 1.165) is 0 Å². The van der Waals surface area contributed by atoms with Gasteiger partial charge < -0.3 is 19.9 Å². The number of carbonyl (C=O) groups excluding carboxylic acids is 1. The van der Waals surface area contributed by atoms with Crippen molar-refractivity contribution in [2.75, 3.05) is 13.2 Å². The largest absolute Gasteiger partial charge is 0.490 e. The predicted molar refractivity (Wildman–Crippen MR) is 82.6 cm³/mol. The Morgan fingerprint density at radius 2 is 1.77 bits per heavy atom. The van der Waals surface area contributed by atoms with Gasteiger partial charge in [0.25, 0.3) is 5.91 Å². The summed E-state index contributed by atoms with van der Waals surface area (Å²) in [5, 5.41) is 11.6. The first-order valence-corrected chi connectivity index (χ1v) is 7.46. The minimum Gasteiger partial charge on any atom is -0.490 e. The normalized spacial score (nSPS) is 11.6. The molecule has 0 spiro atoms. The fourth-order valence-electron chi connectivity index (χ4n) is 1.98. The molecule has 6 nitrogen and oxygen atoms in total. The third kappa shape index (κ3) is 4.95. The first-order valence-electron chi connectivity index (χ1n) is 7.46. The highest BCUT2D eigenvalue weighted by molar-refractivity contribution is 5.97. The monoisotopic (exact) mass is 309 g/mol. The molecule has 0 aliphatic carbocycles. The quantitative estimate of drug-likeness (QED) is 0.732. The van der Waals surface area contributed by atoms with Crippen molar-refractivity contribution in [3.63, 3.8) is 0 Å². The second-order valence-corrected chi connectivity index (χ2v) is 4.68. The van der Waals surface area contributed by atoms with E-state index < -0.39 is 17.9 Å². The van der Waals surface area contributed by atoms with Crippen molar-refractivity contribution in [2.45, 2.75) is 39.7 Å². The molecule has 1 aromatic rings. The van der Waals surface area contributed by atoms with Gasteiger partial charge in [-0.15, -0.1) is 0 Å². The summed E-state index contributed by atoms with van der Waals surface area (Å²) in [5.41, 5.74) is 0.342. The lowest BCUT2D eigenvalue weighted by atomic mass is 10.1. The van der Waals surface area contributed by atoms with Gasteiger partial charge in [-0.3, -0.25) is 4.79 Å². The number of carboxylic acid groups (broad SMARTS) is 1. The van der Waals surface area contributed by atoms with Crippen molar-refractivity contribution in [2.24, 2.45) is 0 Å². The van der Waals surface area contributed by atoms with E-state index >= 15 is 0 Å². The smallest absolute Gasteiger partial charge is 0.326 e. The molecule has 6 heteroatoms. The van der Waals surface area contributed by atoms with Crippen LogP contribution in [-0.2, 0) is 4.79 Å². The maximum atomic E-state index is 12.2. The number of amides is 1. The SMILES string of the molecule is CCCC(NC(=O)c1ccc(OCC)c(OCC)c1)C(=O)O. The molecule has 122 valence electrons. The van der Waals surface area contributed by atoms with Crippen molar-refractivity contribution in [1.29, 1.82) is 0 Å². The minimum absolute atomic E-state index is 0.342. The van der Waals surface area contributed by atoms with E-state index in [0.29, 0.717) is 43.1 Å². The van der Waals surface area contributed by atoms with E-state index in [9.17, 15) is 9.59 Å². The van der Waals surface area contributed by atoms with Crippen LogP contribution in [0.4, 0.5) is 0 Å². The Hall–Kier alpha value is -2.24. The van der Waals surface area contributed by atoms with Gasteiger partial charge in [-0.2, -0.15) is 0 Å². The van der Waals surface area contributed by atoms with Gasteiger partial charge in [0.1, 0.15) is 6.04 Å². The number of carbonyl (C=O) groups is 2. The average molecular weight is 309 g/mol. The molecule has 1 amide bonds. The number of carboxylic acids is 1. The Balaban J connectivity index is 2.92. The summed E-state index contributed by atoms with van der Waals surface area (Å²) in [7, 11) is 0. The van der Waals surface area contributed by atoms with Crippen LogP contribution in [0.25, 0.3) is 0 Å². The molecular formula is C16H23NO5. The van der Waals surface area contributed by atoms with Crippen molar-refractivity contribution in [1.82, 2.24) is 5.32 Å². The molecule has 0 aliphatic heterocycles. The molecule has 1 rings (SSSR count). The predicted octanol–water partition coefficient (Wildman–Crippen LogP) is 2.47. The van der Waals surface area contributed by atoms with Crippen molar-refractivity contribution in [3.8, 4) is 11.5 Å². The zero-order valence-electron chi connectivity index (χ0n) is 13.2. The Morgan fingerprint density at radius 3 is 2.32 bits per heavy atom. The van der Waals surface area contributed by atoms with Crippen LogP contribution >= 0.6 is 0 Å². The van der Waals surface area contributed by atoms with Crippen LogP contribution in [0.3, 0.4) is 0 Å². The van der Waals surface area contributed by atoms with Gasteiger partial charge in [-0.1, -0.05) is 13.3 Å². The molecule has 1 atom stereocenters. The summed E-state index contributed by atoms with van der Waals surface area (Å²) in [6.45, 7) is 6.50. The summed E-state index contributed by atoms with van der Waals surface area (Å²) >= 11 is 0. The van der Waals surface area contributed by atoms with E-state index in [4.69, 9.17) is 14.6 Å². The van der Waals surface area contributed by atoms with Crippen LogP contribution in [-0.4, -0.2) is 36.2 Å². The topological polar surface area (TPSA) is 84.9 Å². The molecule has 0 bridgehead atoms.